The second kappa shape index (κ2) is 22.0. The molecule has 0 saturated heterocycles. The fourth-order valence-electron chi connectivity index (χ4n) is 12.9. The van der Waals surface area contributed by atoms with E-state index in [1.165, 1.54) is 35.1 Å². The Morgan fingerprint density at radius 3 is 1.82 bits per heavy atom. The SMILES string of the molecule is [2H]c1c([2H])c([2H])c(-c2cccc(-c3c([2H])c([2H])c([2H])c([2H])c3[2H])c2N2[CH-]N(c3[c-]c(Oc4[c-]c5c(cc4)c4cc(C(C)(C)C)ccc4n5-c4cc(Oc5c(-c6ccccc6)c6c7c(c5-c5ccccc5)CCCC7CCC6)ccn4)ccc3)c3ccccc32)c([2H])c1[2H].[Pt]. The molecule has 2 aromatic heterocycles. The summed E-state index contributed by atoms with van der Waals surface area (Å²) in [5.74, 6) is 3.43. The topological polar surface area (TPSA) is 42.8 Å². The van der Waals surface area contributed by atoms with Crippen molar-refractivity contribution in [2.24, 2.45) is 0 Å². The smallest absolute Gasteiger partial charge is 0.143 e. The average molecular weight is 1280 g/mol. The van der Waals surface area contributed by atoms with Gasteiger partial charge >= 0.3 is 0 Å². The van der Waals surface area contributed by atoms with Gasteiger partial charge in [-0.15, -0.1) is 48.1 Å². The first kappa shape index (κ1) is 42.8. The summed E-state index contributed by atoms with van der Waals surface area (Å²) in [7, 11) is 0. The standard InChI is InChI=1S/C77H61N4O2.Pt/c1-77(2,3)56-40-43-67-66(46-56)63-42-41-59(82-58-33-20-32-57(47-58)79-50-80(69-39-17-16-38-68(69)79)75-61(51-22-8-4-9-23-51)34-21-35-62(75)52-24-10-5-11-25-52)48-70(63)81(67)71-49-60(44-45-78-71)83-76-73(54-26-12-6-13-27-54)64-36-18-30-53-31-19-37-65(72(53)64)74(76)55-28-14-7-15-29-55;/h4-17,20-29,32-35,38-46,49-50,53H,18-19,30-31,36-37H2,1-3H3;/q-3;/i4D,5D,8D,9D,10D,11D,22D,23D,24D,25D;. The van der Waals surface area contributed by atoms with Gasteiger partial charge in [-0.2, -0.15) is 12.1 Å². The van der Waals surface area contributed by atoms with Gasteiger partial charge in [-0.1, -0.05) is 190 Å². The van der Waals surface area contributed by atoms with Crippen LogP contribution in [-0.4, -0.2) is 9.55 Å². The minimum atomic E-state index is -0.570. The quantitative estimate of drug-likeness (QED) is 0.121. The van der Waals surface area contributed by atoms with Crippen LogP contribution in [0.3, 0.4) is 0 Å². The molecule has 84 heavy (non-hydrogen) atoms. The molecular formula is C77H61N4O2Pt-3. The first-order valence-electron chi connectivity index (χ1n) is 33.4. The van der Waals surface area contributed by atoms with E-state index in [9.17, 15) is 0 Å². The number of nitrogens with zero attached hydrogens (tertiary/aromatic N) is 4. The van der Waals surface area contributed by atoms with Gasteiger partial charge < -0.3 is 23.8 Å². The maximum Gasteiger partial charge on any atom is 0.143 e. The van der Waals surface area contributed by atoms with Gasteiger partial charge in [0.25, 0.3) is 0 Å². The van der Waals surface area contributed by atoms with Crippen LogP contribution in [0.1, 0.15) is 88.3 Å². The van der Waals surface area contributed by atoms with Gasteiger partial charge in [-0.3, -0.25) is 0 Å². The van der Waals surface area contributed by atoms with Crippen molar-refractivity contribution in [3.63, 3.8) is 0 Å². The van der Waals surface area contributed by atoms with Gasteiger partial charge in [0.15, 0.2) is 0 Å². The van der Waals surface area contributed by atoms with Gasteiger partial charge in [-0.05, 0) is 124 Å². The summed E-state index contributed by atoms with van der Waals surface area (Å²) >= 11 is 0. The van der Waals surface area contributed by atoms with Crippen LogP contribution < -0.4 is 19.3 Å². The second-order valence-electron chi connectivity index (χ2n) is 22.6. The van der Waals surface area contributed by atoms with Crippen molar-refractivity contribution in [1.82, 2.24) is 9.55 Å². The molecule has 0 spiro atoms. The number of para-hydroxylation sites is 3. The van der Waals surface area contributed by atoms with E-state index in [4.69, 9.17) is 28.2 Å². The van der Waals surface area contributed by atoms with Crippen LogP contribution >= 0.6 is 0 Å². The summed E-state index contributed by atoms with van der Waals surface area (Å²) in [6.45, 7) is 8.39. The first-order chi connectivity index (χ1) is 44.9. The number of hydrogen-bond donors (Lipinski definition) is 0. The number of benzene rings is 10. The summed E-state index contributed by atoms with van der Waals surface area (Å²) in [6, 6.07) is 55.7. The first-order valence-corrected chi connectivity index (χ1v) is 28.4. The molecule has 0 saturated carbocycles. The minimum Gasteiger partial charge on any atom is -0.509 e. The molecule has 0 atom stereocenters. The third-order valence-electron chi connectivity index (χ3n) is 16.6. The Labute approximate surface area is 520 Å². The van der Waals surface area contributed by atoms with E-state index in [1.54, 1.807) is 35.8 Å². The van der Waals surface area contributed by atoms with Crippen molar-refractivity contribution in [2.75, 3.05) is 9.80 Å². The average Bonchev–Trinajstić information content (AvgIpc) is 0.989. The zero-order chi connectivity index (χ0) is 64.3. The van der Waals surface area contributed by atoms with Crippen LogP contribution in [-0.2, 0) is 39.3 Å². The molecule has 1 aliphatic heterocycles. The van der Waals surface area contributed by atoms with Crippen molar-refractivity contribution >= 4 is 44.6 Å². The maximum atomic E-state index is 9.14. The number of pyridine rings is 1. The Bertz CT molecular complexity index is 4840. The van der Waals surface area contributed by atoms with Crippen molar-refractivity contribution in [1.29, 1.82) is 0 Å². The molecule has 0 N–H and O–H groups in total. The van der Waals surface area contributed by atoms with Crippen molar-refractivity contribution in [3.8, 4) is 73.3 Å². The van der Waals surface area contributed by atoms with E-state index >= 15 is 0 Å². The van der Waals surface area contributed by atoms with Crippen molar-refractivity contribution < 1.29 is 44.2 Å². The van der Waals surface area contributed by atoms with Gasteiger partial charge in [-0.25, -0.2) is 4.98 Å². The molecule has 6 nitrogen and oxygen atoms in total. The van der Waals surface area contributed by atoms with Crippen LogP contribution in [0.25, 0.3) is 72.1 Å². The summed E-state index contributed by atoms with van der Waals surface area (Å²) in [5.41, 5.74) is 13.7. The molecule has 15 rings (SSSR count). The summed E-state index contributed by atoms with van der Waals surface area (Å²) in [5, 5.41) is 1.98. The van der Waals surface area contributed by atoms with E-state index in [0.29, 0.717) is 46.0 Å². The Kier molecular flexibility index (Phi) is 11.2. The van der Waals surface area contributed by atoms with Crippen molar-refractivity contribution in [2.45, 2.75) is 70.6 Å². The number of anilines is 4. The van der Waals surface area contributed by atoms with E-state index < -0.39 is 60.4 Å². The molecule has 2 aliphatic carbocycles. The number of aromatic nitrogens is 2. The van der Waals surface area contributed by atoms with E-state index in [-0.39, 0.29) is 54.4 Å². The van der Waals surface area contributed by atoms with Crippen LogP contribution in [0, 0.1) is 18.8 Å². The molecular weight excluding hydrogens is 1210 g/mol. The largest absolute Gasteiger partial charge is 0.509 e. The van der Waals surface area contributed by atoms with Crippen LogP contribution in [0.5, 0.6) is 23.0 Å². The molecule has 0 bridgehead atoms. The molecule has 10 aromatic carbocycles. The monoisotopic (exact) mass is 1280 g/mol. The van der Waals surface area contributed by atoms with Crippen LogP contribution in [0.4, 0.5) is 22.7 Å². The fraction of sp³-hybridized carbons (Fsp3) is 0.143. The Hall–Kier alpha value is -8.96. The molecule has 12 aromatic rings. The Balaban J connectivity index is 0.00000763. The minimum absolute atomic E-state index is 0. The number of hydrogen-bond acceptors (Lipinski definition) is 5. The number of ether oxygens (including phenoxy) is 2. The third kappa shape index (κ3) is 9.47. The van der Waals surface area contributed by atoms with E-state index in [1.807, 2.05) is 65.7 Å². The van der Waals surface area contributed by atoms with Crippen LogP contribution in [0.2, 0.25) is 0 Å². The third-order valence-corrected chi connectivity index (χ3v) is 16.6. The fourth-order valence-corrected chi connectivity index (χ4v) is 12.9. The molecule has 3 aliphatic rings. The molecule has 0 unspecified atom stereocenters. The molecule has 0 radical (unpaired) electrons. The summed E-state index contributed by atoms with van der Waals surface area (Å²) < 4.78 is 105. The van der Waals surface area contributed by atoms with Crippen LogP contribution in [0.15, 0.2) is 230 Å². The molecule has 7 heteroatoms. The number of rotatable bonds is 11. The predicted molar refractivity (Wildman–Crippen MR) is 340 cm³/mol. The molecule has 414 valence electrons. The predicted octanol–water partition coefficient (Wildman–Crippen LogP) is 20.5. The maximum absolute atomic E-state index is 9.14. The Morgan fingerprint density at radius 1 is 0.571 bits per heavy atom. The van der Waals surface area contributed by atoms with E-state index in [0.717, 1.165) is 75.5 Å². The molecule has 0 fully saturated rings. The normalized spacial score (nSPS) is 15.5. The molecule has 3 heterocycles. The zero-order valence-electron chi connectivity index (χ0n) is 56.5. The van der Waals surface area contributed by atoms with Gasteiger partial charge in [0.2, 0.25) is 0 Å². The summed E-state index contributed by atoms with van der Waals surface area (Å²) in [6.07, 6.45) is 8.47. The zero-order valence-corrected chi connectivity index (χ0v) is 48.8. The van der Waals surface area contributed by atoms with Gasteiger partial charge in [0.1, 0.15) is 17.3 Å². The number of fused-ring (bicyclic) bond motifs is 4. The Morgan fingerprint density at radius 2 is 1.18 bits per heavy atom. The van der Waals surface area contributed by atoms with Gasteiger partial charge in [0.05, 0.1) is 13.7 Å². The van der Waals surface area contributed by atoms with E-state index in [2.05, 4.69) is 122 Å². The van der Waals surface area contributed by atoms with Gasteiger partial charge in [0, 0.05) is 89.7 Å². The second-order valence-corrected chi connectivity index (χ2v) is 22.6. The molecule has 0 amide bonds. The summed E-state index contributed by atoms with van der Waals surface area (Å²) in [4.78, 5) is 8.72. The van der Waals surface area contributed by atoms with Crippen molar-refractivity contribution in [3.05, 3.63) is 271 Å².